The molecule has 5 heteroatoms. The molecule has 1 amide bonds. The van der Waals surface area contributed by atoms with Crippen molar-refractivity contribution < 1.29 is 9.18 Å². The third-order valence-corrected chi connectivity index (χ3v) is 3.26. The van der Waals surface area contributed by atoms with Crippen LogP contribution in [0.1, 0.15) is 28.9 Å². The Labute approximate surface area is 121 Å². The Morgan fingerprint density at radius 2 is 2.00 bits per heavy atom. The SMILES string of the molecule is CC(NC(=O)c1c(F)cccc1Cl)c1cccc(N)c1. The average molecular weight is 293 g/mol. The van der Waals surface area contributed by atoms with E-state index in [-0.39, 0.29) is 16.6 Å². The van der Waals surface area contributed by atoms with Crippen molar-refractivity contribution in [2.75, 3.05) is 5.73 Å². The third kappa shape index (κ3) is 3.08. The van der Waals surface area contributed by atoms with Gasteiger partial charge < -0.3 is 11.1 Å². The molecular formula is C15H14ClFN2O. The van der Waals surface area contributed by atoms with Crippen LogP contribution in [0, 0.1) is 5.82 Å². The number of nitrogen functional groups attached to an aromatic ring is 1. The van der Waals surface area contributed by atoms with Gasteiger partial charge in [-0.1, -0.05) is 29.8 Å². The largest absolute Gasteiger partial charge is 0.399 e. The molecule has 0 spiro atoms. The van der Waals surface area contributed by atoms with E-state index in [1.807, 2.05) is 6.07 Å². The molecule has 0 radical (unpaired) electrons. The molecule has 3 N–H and O–H groups in total. The summed E-state index contributed by atoms with van der Waals surface area (Å²) in [6.07, 6.45) is 0. The van der Waals surface area contributed by atoms with Gasteiger partial charge in [0.25, 0.3) is 5.91 Å². The number of carbonyl (C=O) groups excluding carboxylic acids is 1. The van der Waals surface area contributed by atoms with Gasteiger partial charge in [0.05, 0.1) is 16.6 Å². The summed E-state index contributed by atoms with van der Waals surface area (Å²) >= 11 is 5.86. The molecule has 1 atom stereocenters. The van der Waals surface area contributed by atoms with Gasteiger partial charge in [-0.05, 0) is 36.8 Å². The summed E-state index contributed by atoms with van der Waals surface area (Å²) in [5, 5.41) is 2.79. The van der Waals surface area contributed by atoms with E-state index < -0.39 is 11.7 Å². The fourth-order valence-corrected chi connectivity index (χ4v) is 2.14. The molecule has 0 aliphatic rings. The van der Waals surface area contributed by atoms with Gasteiger partial charge in [0.1, 0.15) is 5.82 Å². The van der Waals surface area contributed by atoms with Crippen molar-refractivity contribution in [1.29, 1.82) is 0 Å². The maximum atomic E-state index is 13.7. The fourth-order valence-electron chi connectivity index (χ4n) is 1.90. The lowest BCUT2D eigenvalue weighted by Crippen LogP contribution is -2.27. The van der Waals surface area contributed by atoms with Crippen molar-refractivity contribution in [2.24, 2.45) is 0 Å². The molecule has 0 aliphatic carbocycles. The minimum Gasteiger partial charge on any atom is -0.399 e. The summed E-state index contributed by atoms with van der Waals surface area (Å²) in [6.45, 7) is 1.79. The highest BCUT2D eigenvalue weighted by atomic mass is 35.5. The van der Waals surface area contributed by atoms with E-state index in [1.165, 1.54) is 18.2 Å². The lowest BCUT2D eigenvalue weighted by atomic mass is 10.1. The van der Waals surface area contributed by atoms with Crippen molar-refractivity contribution in [2.45, 2.75) is 13.0 Å². The average Bonchev–Trinajstić information content (AvgIpc) is 2.38. The second-order valence-electron chi connectivity index (χ2n) is 4.46. The van der Waals surface area contributed by atoms with Crippen LogP contribution in [0.3, 0.4) is 0 Å². The van der Waals surface area contributed by atoms with Crippen LogP contribution in [0.2, 0.25) is 5.02 Å². The number of nitrogens with one attached hydrogen (secondary N) is 1. The first-order valence-corrected chi connectivity index (χ1v) is 6.47. The first-order chi connectivity index (χ1) is 9.49. The highest BCUT2D eigenvalue weighted by molar-refractivity contribution is 6.33. The van der Waals surface area contributed by atoms with Crippen LogP contribution in [0.15, 0.2) is 42.5 Å². The maximum Gasteiger partial charge on any atom is 0.256 e. The number of hydrogen-bond donors (Lipinski definition) is 2. The Morgan fingerprint density at radius 1 is 1.30 bits per heavy atom. The number of nitrogens with two attached hydrogens (primary N) is 1. The molecule has 0 aromatic heterocycles. The van der Waals surface area contributed by atoms with Gasteiger partial charge in [-0.3, -0.25) is 4.79 Å². The summed E-state index contributed by atoms with van der Waals surface area (Å²) in [4.78, 5) is 12.1. The highest BCUT2D eigenvalue weighted by Gasteiger charge is 2.18. The summed E-state index contributed by atoms with van der Waals surface area (Å²) in [6, 6.07) is 11.0. The lowest BCUT2D eigenvalue weighted by molar-refractivity contribution is 0.0936. The molecule has 2 aromatic rings. The van der Waals surface area contributed by atoms with Crippen LogP contribution < -0.4 is 11.1 Å². The van der Waals surface area contributed by atoms with E-state index in [4.69, 9.17) is 17.3 Å². The topological polar surface area (TPSA) is 55.1 Å². The molecule has 104 valence electrons. The molecule has 1 unspecified atom stereocenters. The van der Waals surface area contributed by atoms with Crippen LogP contribution in [-0.4, -0.2) is 5.91 Å². The molecule has 0 saturated carbocycles. The molecule has 2 aromatic carbocycles. The number of rotatable bonds is 3. The Bertz CT molecular complexity index is 625. The zero-order valence-electron chi connectivity index (χ0n) is 10.9. The normalized spacial score (nSPS) is 11.9. The van der Waals surface area contributed by atoms with Crippen molar-refractivity contribution in [3.8, 4) is 0 Å². The zero-order chi connectivity index (χ0) is 14.7. The van der Waals surface area contributed by atoms with Crippen molar-refractivity contribution in [3.05, 3.63) is 64.4 Å². The number of amides is 1. The van der Waals surface area contributed by atoms with E-state index in [0.717, 1.165) is 5.56 Å². The summed E-state index contributed by atoms with van der Waals surface area (Å²) in [5.41, 5.74) is 6.99. The highest BCUT2D eigenvalue weighted by Crippen LogP contribution is 2.21. The molecular weight excluding hydrogens is 279 g/mol. The van der Waals surface area contributed by atoms with E-state index in [1.54, 1.807) is 25.1 Å². The molecule has 2 rings (SSSR count). The van der Waals surface area contributed by atoms with E-state index in [2.05, 4.69) is 5.32 Å². The summed E-state index contributed by atoms with van der Waals surface area (Å²) < 4.78 is 13.7. The minimum atomic E-state index is -0.644. The van der Waals surface area contributed by atoms with Crippen LogP contribution in [0.25, 0.3) is 0 Å². The van der Waals surface area contributed by atoms with Gasteiger partial charge in [-0.2, -0.15) is 0 Å². The number of carbonyl (C=O) groups is 1. The second kappa shape index (κ2) is 5.92. The first kappa shape index (κ1) is 14.3. The summed E-state index contributed by atoms with van der Waals surface area (Å²) in [7, 11) is 0. The second-order valence-corrected chi connectivity index (χ2v) is 4.87. The molecule has 0 bridgehead atoms. The molecule has 0 fully saturated rings. The number of halogens is 2. The van der Waals surface area contributed by atoms with Gasteiger partial charge >= 0.3 is 0 Å². The van der Waals surface area contributed by atoms with Crippen LogP contribution in [-0.2, 0) is 0 Å². The Hall–Kier alpha value is -2.07. The van der Waals surface area contributed by atoms with Gasteiger partial charge in [-0.15, -0.1) is 0 Å². The lowest BCUT2D eigenvalue weighted by Gasteiger charge is -2.15. The van der Waals surface area contributed by atoms with Crippen molar-refractivity contribution in [1.82, 2.24) is 5.32 Å². The van der Waals surface area contributed by atoms with E-state index in [0.29, 0.717) is 5.69 Å². The molecule has 0 heterocycles. The van der Waals surface area contributed by atoms with Gasteiger partial charge in [0.2, 0.25) is 0 Å². The molecule has 0 saturated heterocycles. The number of hydrogen-bond acceptors (Lipinski definition) is 2. The maximum absolute atomic E-state index is 13.7. The third-order valence-electron chi connectivity index (χ3n) is 2.95. The number of anilines is 1. The summed E-state index contributed by atoms with van der Waals surface area (Å²) in [5.74, 6) is -1.20. The van der Waals surface area contributed by atoms with Gasteiger partial charge in [-0.25, -0.2) is 4.39 Å². The van der Waals surface area contributed by atoms with Gasteiger partial charge in [0, 0.05) is 5.69 Å². The van der Waals surface area contributed by atoms with Crippen LogP contribution in [0.5, 0.6) is 0 Å². The Kier molecular flexibility index (Phi) is 4.25. The number of benzene rings is 2. The molecule has 20 heavy (non-hydrogen) atoms. The zero-order valence-corrected chi connectivity index (χ0v) is 11.6. The van der Waals surface area contributed by atoms with Crippen LogP contribution >= 0.6 is 11.6 Å². The fraction of sp³-hybridized carbons (Fsp3) is 0.133. The standard InChI is InChI=1S/C15H14ClFN2O/c1-9(10-4-2-5-11(18)8-10)19-15(20)14-12(16)6-3-7-13(14)17/h2-9H,18H2,1H3,(H,19,20). The first-order valence-electron chi connectivity index (χ1n) is 6.09. The van der Waals surface area contributed by atoms with Crippen molar-refractivity contribution >= 4 is 23.2 Å². The Morgan fingerprint density at radius 3 is 2.65 bits per heavy atom. The minimum absolute atomic E-state index is 0.0854. The van der Waals surface area contributed by atoms with E-state index >= 15 is 0 Å². The van der Waals surface area contributed by atoms with Gasteiger partial charge in [0.15, 0.2) is 0 Å². The smallest absolute Gasteiger partial charge is 0.256 e. The predicted octanol–water partition coefficient (Wildman–Crippen LogP) is 3.55. The van der Waals surface area contributed by atoms with E-state index in [9.17, 15) is 9.18 Å². The molecule has 3 nitrogen and oxygen atoms in total. The Balaban J connectivity index is 2.20. The monoisotopic (exact) mass is 292 g/mol. The van der Waals surface area contributed by atoms with Crippen LogP contribution in [0.4, 0.5) is 10.1 Å². The predicted molar refractivity (Wildman–Crippen MR) is 78.1 cm³/mol. The molecule has 0 aliphatic heterocycles. The quantitative estimate of drug-likeness (QED) is 0.850. The van der Waals surface area contributed by atoms with Crippen molar-refractivity contribution in [3.63, 3.8) is 0 Å².